The molecule has 5 rings (SSSR count). The molecular formula is C21H20F5N7O. The van der Waals surface area contributed by atoms with Crippen LogP contribution in [0, 0.1) is 5.41 Å². The van der Waals surface area contributed by atoms with E-state index in [2.05, 4.69) is 20.1 Å². The number of piperidine rings is 1. The number of hydrogen-bond acceptors (Lipinski definition) is 6. The second-order valence-corrected chi connectivity index (χ2v) is 8.74. The molecule has 3 aromatic heterocycles. The zero-order valence-corrected chi connectivity index (χ0v) is 17.8. The molecule has 5 heterocycles. The van der Waals surface area contributed by atoms with Crippen LogP contribution in [0.15, 0.2) is 30.9 Å². The number of carbonyl (C=O) groups excluding carboxylic acids is 1. The fourth-order valence-electron chi connectivity index (χ4n) is 4.70. The topological polar surface area (TPSA) is 80.0 Å². The molecule has 0 N–H and O–H groups in total. The maximum atomic E-state index is 13.1. The first kappa shape index (κ1) is 22.4. The molecule has 1 amide bonds. The molecule has 2 aliphatic heterocycles. The quantitative estimate of drug-likeness (QED) is 0.531. The zero-order chi connectivity index (χ0) is 24.1. The van der Waals surface area contributed by atoms with Gasteiger partial charge in [-0.1, -0.05) is 0 Å². The maximum absolute atomic E-state index is 13.1. The summed E-state index contributed by atoms with van der Waals surface area (Å²) in [7, 11) is 0. The van der Waals surface area contributed by atoms with Gasteiger partial charge in [0.15, 0.2) is 5.65 Å². The van der Waals surface area contributed by atoms with Gasteiger partial charge in [0.1, 0.15) is 17.9 Å². The van der Waals surface area contributed by atoms with Gasteiger partial charge in [-0.15, -0.1) is 0 Å². The highest BCUT2D eigenvalue weighted by Gasteiger charge is 2.45. The molecule has 0 aliphatic carbocycles. The summed E-state index contributed by atoms with van der Waals surface area (Å²) in [4.78, 5) is 28.4. The number of aromatic nitrogens is 5. The third kappa shape index (κ3) is 4.14. The van der Waals surface area contributed by atoms with E-state index in [1.54, 1.807) is 6.20 Å². The van der Waals surface area contributed by atoms with E-state index in [0.717, 1.165) is 16.9 Å². The highest BCUT2D eigenvalue weighted by molar-refractivity contribution is 5.94. The van der Waals surface area contributed by atoms with E-state index in [0.29, 0.717) is 37.3 Å². The molecule has 8 nitrogen and oxygen atoms in total. The average Bonchev–Trinajstić information content (AvgIpc) is 3.39. The fourth-order valence-corrected chi connectivity index (χ4v) is 4.70. The number of nitrogens with zero attached hydrogens (tertiary/aromatic N) is 7. The summed E-state index contributed by atoms with van der Waals surface area (Å²) in [6.45, 7) is 0.760. The Balaban J connectivity index is 1.38. The third-order valence-electron chi connectivity index (χ3n) is 6.43. The molecule has 0 bridgehead atoms. The zero-order valence-electron chi connectivity index (χ0n) is 17.8. The van der Waals surface area contributed by atoms with Crippen molar-refractivity contribution in [3.05, 3.63) is 36.4 Å². The van der Waals surface area contributed by atoms with Crippen molar-refractivity contribution in [2.45, 2.75) is 38.4 Å². The van der Waals surface area contributed by atoms with Crippen molar-refractivity contribution in [1.29, 1.82) is 0 Å². The minimum Gasteiger partial charge on any atom is -0.355 e. The highest BCUT2D eigenvalue weighted by Crippen LogP contribution is 2.42. The first-order valence-corrected chi connectivity index (χ1v) is 10.7. The summed E-state index contributed by atoms with van der Waals surface area (Å²) in [5.74, 6) is 0.256. The Bertz CT molecular complexity index is 1230. The number of alkyl halides is 5. The number of carbonyl (C=O) groups is 1. The SMILES string of the molecule is O=C1CCC2(CCN(c3cnc4cnn(CC(F)F)c4n3)C2)CN1c1cncc(C(F)(F)F)c1. The minimum absolute atomic E-state index is 0.120. The first-order valence-electron chi connectivity index (χ1n) is 10.7. The number of amides is 1. The van der Waals surface area contributed by atoms with Crippen LogP contribution in [-0.2, 0) is 17.5 Å². The van der Waals surface area contributed by atoms with Crippen molar-refractivity contribution in [2.24, 2.45) is 5.41 Å². The van der Waals surface area contributed by atoms with Gasteiger partial charge < -0.3 is 9.80 Å². The summed E-state index contributed by atoms with van der Waals surface area (Å²) in [6.07, 6.45) is -0.718. The van der Waals surface area contributed by atoms with Crippen LogP contribution in [0.4, 0.5) is 33.5 Å². The van der Waals surface area contributed by atoms with Gasteiger partial charge in [-0.05, 0) is 18.9 Å². The molecule has 3 aromatic rings. The van der Waals surface area contributed by atoms with Crippen molar-refractivity contribution in [3.8, 4) is 0 Å². The summed E-state index contributed by atoms with van der Waals surface area (Å²) in [5.41, 5.74) is -0.468. The fraction of sp³-hybridized carbons (Fsp3) is 0.476. The summed E-state index contributed by atoms with van der Waals surface area (Å²) in [6, 6.07) is 0.945. The van der Waals surface area contributed by atoms with Crippen LogP contribution in [0.5, 0.6) is 0 Å². The predicted molar refractivity (Wildman–Crippen MR) is 111 cm³/mol. The van der Waals surface area contributed by atoms with Crippen molar-refractivity contribution < 1.29 is 26.7 Å². The number of halogens is 5. The molecular weight excluding hydrogens is 461 g/mol. The van der Waals surface area contributed by atoms with Crippen LogP contribution in [0.25, 0.3) is 11.2 Å². The summed E-state index contributed by atoms with van der Waals surface area (Å²) < 4.78 is 66.2. The molecule has 34 heavy (non-hydrogen) atoms. The average molecular weight is 481 g/mol. The molecule has 2 fully saturated rings. The maximum Gasteiger partial charge on any atom is 0.417 e. The molecule has 2 saturated heterocycles. The molecule has 0 aromatic carbocycles. The molecule has 0 radical (unpaired) electrons. The molecule has 0 saturated carbocycles. The van der Waals surface area contributed by atoms with Crippen LogP contribution in [-0.4, -0.2) is 56.7 Å². The highest BCUT2D eigenvalue weighted by atomic mass is 19.4. The number of fused-ring (bicyclic) bond motifs is 1. The number of rotatable bonds is 4. The van der Waals surface area contributed by atoms with Crippen LogP contribution in [0.2, 0.25) is 0 Å². The van der Waals surface area contributed by atoms with Crippen LogP contribution < -0.4 is 9.80 Å². The Morgan fingerprint density at radius 2 is 1.91 bits per heavy atom. The van der Waals surface area contributed by atoms with E-state index in [1.807, 2.05) is 4.90 Å². The molecule has 1 atom stereocenters. The van der Waals surface area contributed by atoms with Gasteiger partial charge in [-0.25, -0.2) is 23.4 Å². The van der Waals surface area contributed by atoms with Gasteiger partial charge in [-0.3, -0.25) is 9.78 Å². The second kappa shape index (κ2) is 8.13. The lowest BCUT2D eigenvalue weighted by Crippen LogP contribution is -2.48. The Morgan fingerprint density at radius 3 is 2.68 bits per heavy atom. The Hall–Kier alpha value is -3.38. The Morgan fingerprint density at radius 1 is 1.09 bits per heavy atom. The molecule has 2 aliphatic rings. The summed E-state index contributed by atoms with van der Waals surface area (Å²) in [5, 5.41) is 3.93. The van der Waals surface area contributed by atoms with E-state index in [-0.39, 0.29) is 35.6 Å². The van der Waals surface area contributed by atoms with E-state index in [9.17, 15) is 26.7 Å². The van der Waals surface area contributed by atoms with Gasteiger partial charge in [0.2, 0.25) is 5.91 Å². The minimum atomic E-state index is -4.56. The summed E-state index contributed by atoms with van der Waals surface area (Å²) >= 11 is 0. The van der Waals surface area contributed by atoms with Gasteiger partial charge in [0.05, 0.1) is 29.8 Å². The molecule has 13 heteroatoms. The molecule has 180 valence electrons. The van der Waals surface area contributed by atoms with Gasteiger partial charge in [0, 0.05) is 37.7 Å². The molecule has 1 unspecified atom stereocenters. The van der Waals surface area contributed by atoms with Gasteiger partial charge >= 0.3 is 6.18 Å². The van der Waals surface area contributed by atoms with E-state index < -0.39 is 24.7 Å². The van der Waals surface area contributed by atoms with Gasteiger partial charge in [0.25, 0.3) is 6.43 Å². The van der Waals surface area contributed by atoms with E-state index >= 15 is 0 Å². The Labute approximate surface area is 190 Å². The van der Waals surface area contributed by atoms with E-state index in [4.69, 9.17) is 0 Å². The lowest BCUT2D eigenvalue weighted by Gasteiger charge is -2.40. The number of anilines is 2. The third-order valence-corrected chi connectivity index (χ3v) is 6.43. The first-order chi connectivity index (χ1) is 16.1. The van der Waals surface area contributed by atoms with Crippen molar-refractivity contribution in [3.63, 3.8) is 0 Å². The van der Waals surface area contributed by atoms with Crippen LogP contribution >= 0.6 is 0 Å². The monoisotopic (exact) mass is 481 g/mol. The van der Waals surface area contributed by atoms with Crippen molar-refractivity contribution >= 4 is 28.6 Å². The smallest absolute Gasteiger partial charge is 0.355 e. The van der Waals surface area contributed by atoms with Gasteiger partial charge in [-0.2, -0.15) is 18.3 Å². The largest absolute Gasteiger partial charge is 0.417 e. The van der Waals surface area contributed by atoms with Crippen molar-refractivity contribution in [1.82, 2.24) is 24.7 Å². The normalized spacial score (nSPS) is 21.4. The predicted octanol–water partition coefficient (Wildman–Crippen LogP) is 3.53. The second-order valence-electron chi connectivity index (χ2n) is 8.74. The van der Waals surface area contributed by atoms with E-state index in [1.165, 1.54) is 17.3 Å². The van der Waals surface area contributed by atoms with Crippen LogP contribution in [0.3, 0.4) is 0 Å². The Kier molecular flexibility index (Phi) is 5.36. The molecule has 1 spiro atoms. The standard InChI is InChI=1S/C21H20F5N7O/c22-16(23)10-33-19-15(8-29-33)28-9-17(30-19)31-4-3-20(11-31)2-1-18(34)32(12-20)14-5-13(6-27-7-14)21(24,25)26/h5-9,16H,1-4,10-12H2. The number of hydrogen-bond donors (Lipinski definition) is 0. The lowest BCUT2D eigenvalue weighted by atomic mass is 9.79. The van der Waals surface area contributed by atoms with Crippen LogP contribution in [0.1, 0.15) is 24.8 Å². The van der Waals surface area contributed by atoms with Crippen molar-refractivity contribution in [2.75, 3.05) is 29.4 Å². The lowest BCUT2D eigenvalue weighted by molar-refractivity contribution is -0.137. The number of pyridine rings is 1.